The van der Waals surface area contributed by atoms with E-state index < -0.39 is 23.6 Å². The summed E-state index contributed by atoms with van der Waals surface area (Å²) < 4.78 is 38.7. The zero-order valence-corrected chi connectivity index (χ0v) is 16.3. The number of primary amides is 1. The minimum absolute atomic E-state index is 0.133. The minimum atomic E-state index is -4.54. The number of carbonyl (C=O) groups excluding carboxylic acids is 2. The van der Waals surface area contributed by atoms with Gasteiger partial charge in [-0.25, -0.2) is 0 Å². The summed E-state index contributed by atoms with van der Waals surface area (Å²) in [5.74, 6) is -1.36. The summed E-state index contributed by atoms with van der Waals surface area (Å²) >= 11 is 1.27. The SMILES string of the molecule is CC(C)[NH+]1CCc2c(sc(NC(=O)c3cccc(C(F)(F)F)c3)c2C(N)=O)C1. The molecule has 1 aliphatic rings. The number of thiophene rings is 1. The van der Waals surface area contributed by atoms with Gasteiger partial charge in [-0.2, -0.15) is 13.2 Å². The van der Waals surface area contributed by atoms with Gasteiger partial charge in [0.15, 0.2) is 0 Å². The molecule has 0 radical (unpaired) electrons. The normalized spacial score (nSPS) is 16.7. The molecule has 28 heavy (non-hydrogen) atoms. The standard InChI is InChI=1S/C19H20F3N3O2S/c1-10(2)25-7-6-13-14(9-25)28-18(15(13)16(23)26)24-17(27)11-4-3-5-12(8-11)19(20,21)22/h3-5,8,10H,6-7,9H2,1-2H3,(H2,23,26)(H,24,27)/p+1. The Morgan fingerprint density at radius 2 is 2.00 bits per heavy atom. The van der Waals surface area contributed by atoms with Crippen molar-refractivity contribution in [2.24, 2.45) is 5.73 Å². The van der Waals surface area contributed by atoms with Crippen LogP contribution in [0, 0.1) is 0 Å². The predicted molar refractivity (Wildman–Crippen MR) is 101 cm³/mol. The number of nitrogens with two attached hydrogens (primary N) is 1. The molecule has 0 bridgehead atoms. The van der Waals surface area contributed by atoms with Crippen LogP contribution in [-0.2, 0) is 19.1 Å². The minimum Gasteiger partial charge on any atom is -0.365 e. The van der Waals surface area contributed by atoms with E-state index in [1.54, 1.807) is 0 Å². The highest BCUT2D eigenvalue weighted by molar-refractivity contribution is 7.17. The van der Waals surface area contributed by atoms with Crippen molar-refractivity contribution in [1.82, 2.24) is 0 Å². The average molecular weight is 412 g/mol. The molecule has 0 saturated heterocycles. The fourth-order valence-corrected chi connectivity index (χ4v) is 4.65. The highest BCUT2D eigenvalue weighted by Gasteiger charge is 2.32. The average Bonchev–Trinajstić information content (AvgIpc) is 2.98. The highest BCUT2D eigenvalue weighted by atomic mass is 32.1. The van der Waals surface area contributed by atoms with Crippen LogP contribution in [0.15, 0.2) is 24.3 Å². The maximum Gasteiger partial charge on any atom is 0.416 e. The van der Waals surface area contributed by atoms with Crippen LogP contribution in [0.25, 0.3) is 0 Å². The number of alkyl halides is 3. The second-order valence-corrected chi connectivity index (χ2v) is 8.20. The number of nitrogens with one attached hydrogen (secondary N) is 2. The first-order valence-electron chi connectivity index (χ1n) is 8.85. The van der Waals surface area contributed by atoms with Gasteiger partial charge in [0, 0.05) is 12.0 Å². The van der Waals surface area contributed by atoms with Crippen LogP contribution in [0.2, 0.25) is 0 Å². The van der Waals surface area contributed by atoms with Gasteiger partial charge in [0.1, 0.15) is 11.5 Å². The Kier molecular flexibility index (Phi) is 5.49. The molecule has 0 saturated carbocycles. The summed E-state index contributed by atoms with van der Waals surface area (Å²) in [6, 6.07) is 4.58. The van der Waals surface area contributed by atoms with Gasteiger partial charge in [0.2, 0.25) is 0 Å². The number of anilines is 1. The first-order chi connectivity index (χ1) is 13.1. The molecule has 2 aromatic rings. The molecule has 1 aromatic heterocycles. The quantitative estimate of drug-likeness (QED) is 0.722. The van der Waals surface area contributed by atoms with Crippen LogP contribution in [0.4, 0.5) is 18.2 Å². The Bertz CT molecular complexity index is 922. The molecule has 0 fully saturated rings. The zero-order chi connectivity index (χ0) is 20.6. The second-order valence-electron chi connectivity index (χ2n) is 7.09. The number of hydrogen-bond donors (Lipinski definition) is 3. The van der Waals surface area contributed by atoms with Gasteiger partial charge in [-0.3, -0.25) is 9.59 Å². The molecule has 4 N–H and O–H groups in total. The molecule has 1 atom stereocenters. The van der Waals surface area contributed by atoms with Crippen molar-refractivity contribution in [3.8, 4) is 0 Å². The van der Waals surface area contributed by atoms with Gasteiger partial charge >= 0.3 is 6.18 Å². The topological polar surface area (TPSA) is 76.6 Å². The van der Waals surface area contributed by atoms with Crippen LogP contribution >= 0.6 is 11.3 Å². The Labute approximate surface area is 164 Å². The molecular formula is C19H21F3N3O2S+. The molecular weight excluding hydrogens is 391 g/mol. The van der Waals surface area contributed by atoms with E-state index in [0.717, 1.165) is 35.7 Å². The van der Waals surface area contributed by atoms with Crippen molar-refractivity contribution in [2.45, 2.75) is 39.0 Å². The van der Waals surface area contributed by atoms with Gasteiger partial charge in [-0.15, -0.1) is 11.3 Å². The lowest BCUT2D eigenvalue weighted by Gasteiger charge is -2.27. The van der Waals surface area contributed by atoms with Crippen molar-refractivity contribution >= 4 is 28.2 Å². The van der Waals surface area contributed by atoms with E-state index in [-0.39, 0.29) is 11.1 Å². The van der Waals surface area contributed by atoms with Crippen LogP contribution in [0.1, 0.15) is 50.6 Å². The molecule has 1 aromatic carbocycles. The first-order valence-corrected chi connectivity index (χ1v) is 9.67. The van der Waals surface area contributed by atoms with Crippen molar-refractivity contribution in [1.29, 1.82) is 0 Å². The van der Waals surface area contributed by atoms with Gasteiger partial charge in [-0.1, -0.05) is 6.07 Å². The molecule has 150 valence electrons. The molecule has 2 amide bonds. The van der Waals surface area contributed by atoms with E-state index in [9.17, 15) is 22.8 Å². The van der Waals surface area contributed by atoms with E-state index in [1.807, 2.05) is 0 Å². The summed E-state index contributed by atoms with van der Waals surface area (Å²) in [6.07, 6.45) is -3.88. The van der Waals surface area contributed by atoms with Gasteiger partial charge in [0.05, 0.1) is 28.6 Å². The molecule has 0 aliphatic carbocycles. The maximum atomic E-state index is 12.9. The Morgan fingerprint density at radius 3 is 2.61 bits per heavy atom. The van der Waals surface area contributed by atoms with E-state index in [0.29, 0.717) is 17.5 Å². The number of amides is 2. The van der Waals surface area contributed by atoms with Crippen molar-refractivity contribution < 1.29 is 27.7 Å². The van der Waals surface area contributed by atoms with Gasteiger partial charge < -0.3 is 16.0 Å². The molecule has 1 unspecified atom stereocenters. The third-order valence-corrected chi connectivity index (χ3v) is 6.06. The largest absolute Gasteiger partial charge is 0.416 e. The van der Waals surface area contributed by atoms with E-state index >= 15 is 0 Å². The van der Waals surface area contributed by atoms with E-state index in [4.69, 9.17) is 5.73 Å². The fraction of sp³-hybridized carbons (Fsp3) is 0.368. The van der Waals surface area contributed by atoms with Crippen LogP contribution in [0.5, 0.6) is 0 Å². The van der Waals surface area contributed by atoms with Crippen LogP contribution in [-0.4, -0.2) is 24.4 Å². The van der Waals surface area contributed by atoms with Crippen LogP contribution in [0.3, 0.4) is 0 Å². The molecule has 0 spiro atoms. The Balaban J connectivity index is 1.91. The first kappa shape index (κ1) is 20.3. The summed E-state index contributed by atoms with van der Waals surface area (Å²) in [5.41, 5.74) is 5.60. The fourth-order valence-electron chi connectivity index (χ4n) is 3.35. The third kappa shape index (κ3) is 4.05. The smallest absolute Gasteiger partial charge is 0.365 e. The number of carbonyl (C=O) groups is 2. The molecule has 5 nitrogen and oxygen atoms in total. The summed E-state index contributed by atoms with van der Waals surface area (Å²) in [7, 11) is 0. The highest BCUT2D eigenvalue weighted by Crippen LogP contribution is 2.35. The van der Waals surface area contributed by atoms with E-state index in [1.165, 1.54) is 28.4 Å². The Morgan fingerprint density at radius 1 is 1.29 bits per heavy atom. The number of quaternary nitrogens is 1. The summed E-state index contributed by atoms with van der Waals surface area (Å²) in [6.45, 7) is 5.79. The molecule has 1 aliphatic heterocycles. The number of halogens is 3. The van der Waals surface area contributed by atoms with Gasteiger partial charge in [0.25, 0.3) is 11.8 Å². The molecule has 9 heteroatoms. The number of rotatable bonds is 4. The zero-order valence-electron chi connectivity index (χ0n) is 15.4. The van der Waals surface area contributed by atoms with Gasteiger partial charge in [-0.05, 0) is 37.6 Å². The molecule has 2 heterocycles. The van der Waals surface area contributed by atoms with E-state index in [2.05, 4.69) is 19.2 Å². The van der Waals surface area contributed by atoms with Crippen molar-refractivity contribution in [3.63, 3.8) is 0 Å². The molecule has 3 rings (SSSR count). The van der Waals surface area contributed by atoms with Crippen molar-refractivity contribution in [3.05, 3.63) is 51.4 Å². The third-order valence-electron chi connectivity index (χ3n) is 4.92. The number of fused-ring (bicyclic) bond motifs is 1. The predicted octanol–water partition coefficient (Wildman–Crippen LogP) is 2.47. The lowest BCUT2D eigenvalue weighted by molar-refractivity contribution is -0.936. The lowest BCUT2D eigenvalue weighted by Crippen LogP contribution is -3.14. The lowest BCUT2D eigenvalue weighted by atomic mass is 10.0. The summed E-state index contributed by atoms with van der Waals surface area (Å²) in [4.78, 5) is 26.9. The summed E-state index contributed by atoms with van der Waals surface area (Å²) in [5, 5.41) is 2.89. The van der Waals surface area contributed by atoms with Crippen molar-refractivity contribution in [2.75, 3.05) is 11.9 Å². The Hall–Kier alpha value is -2.39. The second kappa shape index (κ2) is 7.56. The maximum absolute atomic E-state index is 12.9. The van der Waals surface area contributed by atoms with Crippen LogP contribution < -0.4 is 16.0 Å². The number of benzene rings is 1. The monoisotopic (exact) mass is 412 g/mol. The number of hydrogen-bond acceptors (Lipinski definition) is 3.